The Labute approximate surface area is 766 Å². The zero-order valence-corrected chi connectivity index (χ0v) is 73.9. The summed E-state index contributed by atoms with van der Waals surface area (Å²) < 4.78 is 31.8. The third-order valence-electron chi connectivity index (χ3n) is 22.4. The maximum absolute atomic E-state index is 12.9. The third kappa shape index (κ3) is 23.4. The zero-order chi connectivity index (χ0) is 90.9. The molecule has 12 aromatic heterocycles. The van der Waals surface area contributed by atoms with Gasteiger partial charge in [-0.2, -0.15) is 12.6 Å². The van der Waals surface area contributed by atoms with Crippen molar-refractivity contribution in [2.75, 3.05) is 66.1 Å². The molecule has 21 rings (SSSR count). The number of nitrogens with one attached hydrogen (secondary N) is 7. The molecule has 20 aromatic rings. The van der Waals surface area contributed by atoms with E-state index < -0.39 is 12.2 Å². The molecule has 1 fully saturated rings. The molecule has 12 heterocycles. The highest BCUT2D eigenvalue weighted by Gasteiger charge is 2.27. The van der Waals surface area contributed by atoms with Crippen LogP contribution in [0, 0.1) is 17.8 Å². The molecule has 1 aliphatic carbocycles. The Kier molecular flexibility index (Phi) is 29.8. The summed E-state index contributed by atoms with van der Waals surface area (Å²) in [5, 5.41) is 47.3. The van der Waals surface area contributed by atoms with Gasteiger partial charge in [-0.05, 0) is 173 Å². The molecule has 1 aliphatic rings. The maximum Gasteiger partial charge on any atom is 0.417 e. The fourth-order valence-electron chi connectivity index (χ4n) is 15.6. The smallest absolute Gasteiger partial charge is 0.417 e. The molecule has 2 amide bonds. The lowest BCUT2D eigenvalue weighted by molar-refractivity contribution is 0.163. The van der Waals surface area contributed by atoms with Crippen LogP contribution in [0.25, 0.3) is 132 Å². The first-order chi connectivity index (χ1) is 64.7. The van der Waals surface area contributed by atoms with E-state index in [9.17, 15) is 9.59 Å². The number of benzene rings is 8. The van der Waals surface area contributed by atoms with Crippen LogP contribution < -0.4 is 26.6 Å². The Bertz CT molecular complexity index is 7040. The van der Waals surface area contributed by atoms with Crippen molar-refractivity contribution in [2.45, 2.75) is 58.4 Å². The second kappa shape index (κ2) is 43.9. The van der Waals surface area contributed by atoms with E-state index in [0.29, 0.717) is 53.8 Å². The number of hydrogen-bond donors (Lipinski definition) is 10. The first-order valence-electron chi connectivity index (χ1n) is 43.7. The van der Waals surface area contributed by atoms with Crippen molar-refractivity contribution in [3.05, 3.63) is 340 Å². The van der Waals surface area contributed by atoms with Crippen LogP contribution in [0.2, 0.25) is 0 Å². The number of ether oxygens (including phenoxy) is 2. The minimum atomic E-state index is -0.618. The summed E-state index contributed by atoms with van der Waals surface area (Å²) >= 11 is 3.67. The van der Waals surface area contributed by atoms with Crippen LogP contribution in [0.1, 0.15) is 48.9 Å². The molecule has 0 saturated heterocycles. The van der Waals surface area contributed by atoms with Crippen molar-refractivity contribution >= 4 is 135 Å². The number of pyridine rings is 4. The first-order valence-corrected chi connectivity index (χ1v) is 44.4. The minimum absolute atomic E-state index is 0.0454. The summed E-state index contributed by atoms with van der Waals surface area (Å²) in [7, 11) is 0. The van der Waals surface area contributed by atoms with Crippen molar-refractivity contribution in [3.8, 4) is 45.0 Å². The second-order valence-corrected chi connectivity index (χ2v) is 32.8. The third-order valence-corrected chi connectivity index (χ3v) is 22.6. The van der Waals surface area contributed by atoms with Crippen LogP contribution in [0.3, 0.4) is 0 Å². The summed E-state index contributed by atoms with van der Waals surface area (Å²) in [5.41, 5.74) is 23.0. The van der Waals surface area contributed by atoms with E-state index in [1.165, 1.54) is 85.1 Å². The number of para-hydroxylation sites is 4. The van der Waals surface area contributed by atoms with E-state index in [-0.39, 0.29) is 37.7 Å². The second-order valence-electron chi connectivity index (χ2n) is 32.4. The van der Waals surface area contributed by atoms with Gasteiger partial charge in [0.1, 0.15) is 36.0 Å². The highest BCUT2D eigenvalue weighted by molar-refractivity contribution is 7.80. The van der Waals surface area contributed by atoms with E-state index >= 15 is 0 Å². The van der Waals surface area contributed by atoms with Gasteiger partial charge in [-0.25, -0.2) is 14.5 Å². The molecule has 0 bridgehead atoms. The molecule has 1 saturated carbocycles. The SMILES string of the molecule is C=CCOC(=O)N(C[C@@H](C)Cc1c[nH]c2ccccc12)c1cc(-c2ccc3cnccc3c2)no1.C=CCOC(=O)Nc1cc(-c2ccc3cnccc3c2)no1.C[C@H](CNc1cc(-c2ccc3cnccc3c2)no1)Cc1c[nH]c2ccccc12.N[C@H](CNc1cc(-c2ccc3cnccc3c2)no1)Cc1c[nH]c2ccccc12.OCCS.c1ccc2c(CC3CC3)c[nH]c2c1. The number of aromatic nitrogens is 12. The van der Waals surface area contributed by atoms with Crippen LogP contribution >= 0.6 is 12.6 Å². The number of anilines is 4. The molecule has 26 nitrogen and oxygen atoms in total. The van der Waals surface area contributed by atoms with Crippen molar-refractivity contribution in [1.29, 1.82) is 0 Å². The average molecular weight is 1780 g/mol. The predicted octanol–water partition coefficient (Wildman–Crippen LogP) is 23.0. The largest absolute Gasteiger partial charge is 0.445 e. The van der Waals surface area contributed by atoms with Gasteiger partial charge in [0, 0.05) is 217 Å². The van der Waals surface area contributed by atoms with Gasteiger partial charge in [0.25, 0.3) is 0 Å². The fraction of sp³-hybridized carbons (Fsp3) is 0.181. The average Bonchev–Trinajstić information content (AvgIpc) is 1.58. The molecule has 0 aliphatic heterocycles. The number of nitrogens with zero attached hydrogens (tertiary/aromatic N) is 9. The van der Waals surface area contributed by atoms with E-state index in [4.69, 9.17) is 38.4 Å². The van der Waals surface area contributed by atoms with Crippen molar-refractivity contribution in [2.24, 2.45) is 23.5 Å². The Morgan fingerprint density at radius 1 is 0.470 bits per heavy atom. The molecule has 0 radical (unpaired) electrons. The highest BCUT2D eigenvalue weighted by Crippen LogP contribution is 2.37. The Morgan fingerprint density at radius 2 is 0.841 bits per heavy atom. The number of carbonyl (C=O) groups is 2. The number of fused-ring (bicyclic) bond motifs is 8. The van der Waals surface area contributed by atoms with Gasteiger partial charge in [-0.3, -0.25) is 25.3 Å². The number of hydrogen-bond acceptors (Lipinski definition) is 21. The Hall–Kier alpha value is -15.7. The van der Waals surface area contributed by atoms with Crippen molar-refractivity contribution in [1.82, 2.24) is 60.5 Å². The van der Waals surface area contributed by atoms with Gasteiger partial charge in [0.05, 0.1) is 6.61 Å². The number of amides is 2. The topological polar surface area (TPSA) is 357 Å². The van der Waals surface area contributed by atoms with Crippen LogP contribution in [-0.2, 0) is 35.2 Å². The van der Waals surface area contributed by atoms with Crippen molar-refractivity contribution in [3.63, 3.8) is 0 Å². The minimum Gasteiger partial charge on any atom is -0.445 e. The molecule has 0 spiro atoms. The normalized spacial score (nSPS) is 12.2. The number of aliphatic hydroxyl groups excluding tert-OH is 1. The summed E-state index contributed by atoms with van der Waals surface area (Å²) in [4.78, 5) is 55.7. The van der Waals surface area contributed by atoms with Gasteiger partial charge in [-0.1, -0.05) is 181 Å². The lowest BCUT2D eigenvalue weighted by atomic mass is 10.00. The fourth-order valence-corrected chi connectivity index (χ4v) is 15.6. The number of thiol groups is 1. The predicted molar refractivity (Wildman–Crippen MR) is 528 cm³/mol. The number of aromatic amines is 4. The van der Waals surface area contributed by atoms with E-state index in [0.717, 1.165) is 119 Å². The van der Waals surface area contributed by atoms with Crippen LogP contribution in [0.15, 0.2) is 336 Å². The molecule has 0 unspecified atom stereocenters. The lowest BCUT2D eigenvalue weighted by Gasteiger charge is -2.22. The lowest BCUT2D eigenvalue weighted by Crippen LogP contribution is -2.35. The molecule has 10 N–H and O–H groups in total. The van der Waals surface area contributed by atoms with Crippen LogP contribution in [-0.4, -0.2) is 129 Å². The van der Waals surface area contributed by atoms with Gasteiger partial charge < -0.3 is 69.0 Å². The summed E-state index contributed by atoms with van der Waals surface area (Å²) in [6, 6.07) is 72.7. The van der Waals surface area contributed by atoms with Crippen LogP contribution in [0.5, 0.6) is 0 Å². The standard InChI is InChI=1S/C28H26N4O3.C24H22N4O.C23H21N5O.C16H13N3O3.C12H13N.C2H6OS/c1-3-12-34-28(33)32(18-19(2)13-23-17-30-25-7-5-4-6-24(23)25)27-15-26(31-35-27)21-8-9-22-16-29-11-10-20(22)14-21;1-16(10-20-15-26-22-5-3-2-4-21(20)22)13-27-24-12-23(28-29-24)18-6-7-19-14-25-9-8-17(19)11-18;24-19(10-18-13-26-21-4-2-1-3-20(18)21)14-27-23-11-22(28-29-23)16-5-6-17-12-25-8-7-15(17)9-16;1-2-7-21-16(20)18-15-9-14(19-22-15)12-3-4-13-10-17-6-5-11(13)8-12;1-2-4-12-11(3-1)10(8-13-12)7-9-5-6-9;3-1-2-4/h3-11,14-17,19,30H,1,12-13,18H2,2H3;2-9,11-12,14-16,26-27H,10,13H2,1H3;1-9,11-13,19,26-27H,10,14,24H2;2-6,8-10H,1,7H2,(H,18,20);1-4,8-9,13H,5-7H2;3-4H,1-2H2/t19-;16-;19-;;;/m000.../s1. The molecule has 3 atom stereocenters. The number of carbonyl (C=O) groups excluding carboxylic acids is 2. The summed E-state index contributed by atoms with van der Waals surface area (Å²) in [6.45, 7) is 13.7. The summed E-state index contributed by atoms with van der Waals surface area (Å²) in [5.74, 6) is 4.00. The van der Waals surface area contributed by atoms with E-state index in [2.05, 4.69) is 219 Å². The first kappa shape index (κ1) is 89.7. The number of aliphatic hydroxyl groups is 1. The van der Waals surface area contributed by atoms with Gasteiger partial charge >= 0.3 is 12.2 Å². The number of H-pyrrole nitrogens is 4. The van der Waals surface area contributed by atoms with Gasteiger partial charge in [-0.15, -0.1) is 0 Å². The molecule has 666 valence electrons. The zero-order valence-electron chi connectivity index (χ0n) is 73.0. The molecule has 132 heavy (non-hydrogen) atoms. The van der Waals surface area contributed by atoms with Gasteiger partial charge in [0.15, 0.2) is 0 Å². The van der Waals surface area contributed by atoms with E-state index in [1.54, 1.807) is 49.2 Å². The van der Waals surface area contributed by atoms with Gasteiger partial charge in [0.2, 0.25) is 23.5 Å². The molecule has 8 aromatic carbocycles. The Morgan fingerprint density at radius 3 is 1.27 bits per heavy atom. The quantitative estimate of drug-likeness (QED) is 0.0169. The molecule has 27 heteroatoms. The van der Waals surface area contributed by atoms with E-state index in [1.807, 2.05) is 146 Å². The molecular weight excluding hydrogens is 1680 g/mol. The maximum atomic E-state index is 12.9. The summed E-state index contributed by atoms with van der Waals surface area (Å²) in [6.07, 6.45) is 31.4. The van der Waals surface area contributed by atoms with Crippen LogP contribution in [0.4, 0.5) is 33.1 Å². The van der Waals surface area contributed by atoms with Crippen molar-refractivity contribution < 1.29 is 42.3 Å². The monoisotopic (exact) mass is 1780 g/mol. The number of rotatable bonds is 27. The highest BCUT2D eigenvalue weighted by atomic mass is 32.1. The Balaban J connectivity index is 0.000000122. The molecular formula is C105H101N17O9S. The number of nitrogens with two attached hydrogens (primary N) is 1.